The normalized spacial score (nSPS) is 10.4. The highest BCUT2D eigenvalue weighted by Crippen LogP contribution is 2.00. The molecule has 0 aliphatic carbocycles. The molecule has 0 bridgehead atoms. The Kier molecular flexibility index (Phi) is 10.5. The highest BCUT2D eigenvalue weighted by molar-refractivity contribution is 7.99. The maximum Gasteiger partial charge on any atom is 0.0473 e. The van der Waals surface area contributed by atoms with Crippen LogP contribution >= 0.6 is 11.8 Å². The molecule has 0 heterocycles. The van der Waals surface area contributed by atoms with E-state index in [-0.39, 0.29) is 0 Å². The average molecular weight is 177 g/mol. The van der Waals surface area contributed by atoms with Crippen LogP contribution in [0.2, 0.25) is 0 Å². The van der Waals surface area contributed by atoms with E-state index in [0.717, 1.165) is 19.8 Å². The van der Waals surface area contributed by atoms with Crippen LogP contribution in [0.4, 0.5) is 0 Å². The first-order valence-electron chi connectivity index (χ1n) is 4.22. The number of thioether (sulfide) groups is 1. The van der Waals surface area contributed by atoms with E-state index in [1.54, 1.807) is 0 Å². The van der Waals surface area contributed by atoms with E-state index in [1.807, 2.05) is 25.7 Å². The Balaban J connectivity index is 2.69. The van der Waals surface area contributed by atoms with Gasteiger partial charge < -0.3 is 10.1 Å². The molecular formula is C8H19NOS. The van der Waals surface area contributed by atoms with Crippen molar-refractivity contribution in [1.82, 2.24) is 5.32 Å². The summed E-state index contributed by atoms with van der Waals surface area (Å²) in [6.45, 7) is 4.91. The highest BCUT2D eigenvalue weighted by atomic mass is 32.2. The van der Waals surface area contributed by atoms with Crippen molar-refractivity contribution in [1.29, 1.82) is 0 Å². The molecule has 0 saturated heterocycles. The Labute approximate surface area is 74.1 Å². The molecule has 1 N–H and O–H groups in total. The predicted octanol–water partition coefficient (Wildman–Crippen LogP) is 1.37. The van der Waals surface area contributed by atoms with Gasteiger partial charge in [-0.2, -0.15) is 11.8 Å². The highest BCUT2D eigenvalue weighted by Gasteiger charge is 1.88. The number of ether oxygens (including phenoxy) is 1. The first-order chi connectivity index (χ1) is 5.41. The summed E-state index contributed by atoms with van der Waals surface area (Å²) < 4.78 is 5.21. The van der Waals surface area contributed by atoms with E-state index in [4.69, 9.17) is 4.74 Å². The lowest BCUT2D eigenvalue weighted by Crippen LogP contribution is -2.10. The van der Waals surface area contributed by atoms with Crippen molar-refractivity contribution in [3.63, 3.8) is 0 Å². The lowest BCUT2D eigenvalue weighted by Gasteiger charge is -2.01. The van der Waals surface area contributed by atoms with Gasteiger partial charge in [-0.3, -0.25) is 0 Å². The van der Waals surface area contributed by atoms with E-state index < -0.39 is 0 Å². The minimum absolute atomic E-state index is 0.848. The first kappa shape index (κ1) is 11.3. The second kappa shape index (κ2) is 10.3. The fraction of sp³-hybridized carbons (Fsp3) is 1.00. The zero-order valence-corrected chi connectivity index (χ0v) is 8.38. The summed E-state index contributed by atoms with van der Waals surface area (Å²) in [5, 5.41) is 3.12. The fourth-order valence-corrected chi connectivity index (χ4v) is 1.56. The van der Waals surface area contributed by atoms with Crippen LogP contribution in [0.5, 0.6) is 0 Å². The van der Waals surface area contributed by atoms with Gasteiger partial charge in [-0.15, -0.1) is 0 Å². The standard InChI is InChI=1S/C8H19NOS/c1-3-10-6-4-7-11-8-5-9-2/h9H,3-8H2,1-2H3. The Hall–Kier alpha value is 0.270. The average Bonchev–Trinajstić information content (AvgIpc) is 2.03. The van der Waals surface area contributed by atoms with Gasteiger partial charge in [-0.1, -0.05) is 0 Å². The second-order valence-electron chi connectivity index (χ2n) is 2.27. The van der Waals surface area contributed by atoms with Gasteiger partial charge in [-0.05, 0) is 26.1 Å². The zero-order valence-electron chi connectivity index (χ0n) is 7.56. The van der Waals surface area contributed by atoms with Gasteiger partial charge in [-0.25, -0.2) is 0 Å². The molecule has 3 heteroatoms. The molecule has 11 heavy (non-hydrogen) atoms. The smallest absolute Gasteiger partial charge is 0.0473 e. The summed E-state index contributed by atoms with van der Waals surface area (Å²) in [5.41, 5.74) is 0. The minimum atomic E-state index is 0.848. The SMILES string of the molecule is CCOCCCSCCNC. The summed E-state index contributed by atoms with van der Waals surface area (Å²) in [7, 11) is 1.99. The van der Waals surface area contributed by atoms with Crippen LogP contribution in [0.1, 0.15) is 13.3 Å². The Bertz CT molecular complexity index is 63.1. The zero-order chi connectivity index (χ0) is 8.36. The van der Waals surface area contributed by atoms with Gasteiger partial charge in [0.1, 0.15) is 0 Å². The minimum Gasteiger partial charge on any atom is -0.382 e. The van der Waals surface area contributed by atoms with Crippen LogP contribution < -0.4 is 5.32 Å². The van der Waals surface area contributed by atoms with E-state index in [9.17, 15) is 0 Å². The van der Waals surface area contributed by atoms with Gasteiger partial charge in [0.15, 0.2) is 0 Å². The van der Waals surface area contributed by atoms with E-state index in [2.05, 4.69) is 5.32 Å². The summed E-state index contributed by atoms with van der Waals surface area (Å²) in [6, 6.07) is 0. The molecule has 0 spiro atoms. The largest absolute Gasteiger partial charge is 0.382 e. The van der Waals surface area contributed by atoms with E-state index in [0.29, 0.717) is 0 Å². The van der Waals surface area contributed by atoms with Crippen molar-refractivity contribution < 1.29 is 4.74 Å². The van der Waals surface area contributed by atoms with Gasteiger partial charge in [0.05, 0.1) is 0 Å². The van der Waals surface area contributed by atoms with Crippen molar-refractivity contribution in [3.8, 4) is 0 Å². The molecule has 0 aromatic heterocycles. The summed E-state index contributed by atoms with van der Waals surface area (Å²) >= 11 is 1.99. The molecule has 0 atom stereocenters. The number of hydrogen-bond acceptors (Lipinski definition) is 3. The van der Waals surface area contributed by atoms with Gasteiger partial charge in [0.25, 0.3) is 0 Å². The molecular weight excluding hydrogens is 158 g/mol. The lowest BCUT2D eigenvalue weighted by molar-refractivity contribution is 0.149. The molecule has 68 valence electrons. The van der Waals surface area contributed by atoms with Gasteiger partial charge >= 0.3 is 0 Å². The van der Waals surface area contributed by atoms with Crippen LogP contribution in [-0.2, 0) is 4.74 Å². The van der Waals surface area contributed by atoms with Crippen LogP contribution in [0, 0.1) is 0 Å². The van der Waals surface area contributed by atoms with Crippen molar-refractivity contribution >= 4 is 11.8 Å². The monoisotopic (exact) mass is 177 g/mol. The molecule has 0 saturated carbocycles. The third kappa shape index (κ3) is 10.3. The van der Waals surface area contributed by atoms with Crippen molar-refractivity contribution in [2.75, 3.05) is 38.3 Å². The van der Waals surface area contributed by atoms with Crippen molar-refractivity contribution in [3.05, 3.63) is 0 Å². The fourth-order valence-electron chi connectivity index (χ4n) is 0.684. The van der Waals surface area contributed by atoms with Crippen molar-refractivity contribution in [2.24, 2.45) is 0 Å². The lowest BCUT2D eigenvalue weighted by atomic mass is 10.5. The summed E-state index contributed by atoms with van der Waals surface area (Å²) in [5.74, 6) is 2.43. The molecule has 0 aliphatic rings. The molecule has 0 aromatic rings. The molecule has 0 rings (SSSR count). The van der Waals surface area contributed by atoms with Crippen LogP contribution in [0.15, 0.2) is 0 Å². The van der Waals surface area contributed by atoms with E-state index >= 15 is 0 Å². The first-order valence-corrected chi connectivity index (χ1v) is 5.37. The second-order valence-corrected chi connectivity index (χ2v) is 3.49. The maximum atomic E-state index is 5.21. The number of rotatable bonds is 8. The molecule has 0 fully saturated rings. The molecule has 0 aromatic carbocycles. The van der Waals surface area contributed by atoms with Crippen LogP contribution in [-0.4, -0.2) is 38.3 Å². The summed E-state index contributed by atoms with van der Waals surface area (Å²) in [6.07, 6.45) is 1.18. The van der Waals surface area contributed by atoms with Gasteiger partial charge in [0, 0.05) is 25.5 Å². The Morgan fingerprint density at radius 2 is 2.18 bits per heavy atom. The number of hydrogen-bond donors (Lipinski definition) is 1. The van der Waals surface area contributed by atoms with Crippen LogP contribution in [0.25, 0.3) is 0 Å². The topological polar surface area (TPSA) is 21.3 Å². The van der Waals surface area contributed by atoms with E-state index in [1.165, 1.54) is 17.9 Å². The third-order valence-electron chi connectivity index (χ3n) is 1.28. The molecule has 0 unspecified atom stereocenters. The molecule has 2 nitrogen and oxygen atoms in total. The van der Waals surface area contributed by atoms with Gasteiger partial charge in [0.2, 0.25) is 0 Å². The van der Waals surface area contributed by atoms with Crippen LogP contribution in [0.3, 0.4) is 0 Å². The Morgan fingerprint density at radius 1 is 1.36 bits per heavy atom. The number of nitrogens with one attached hydrogen (secondary N) is 1. The maximum absolute atomic E-state index is 5.21. The molecule has 0 aliphatic heterocycles. The third-order valence-corrected chi connectivity index (χ3v) is 2.35. The quantitative estimate of drug-likeness (QED) is 0.566. The predicted molar refractivity (Wildman–Crippen MR) is 52.4 cm³/mol. The molecule has 0 radical (unpaired) electrons. The van der Waals surface area contributed by atoms with Crippen molar-refractivity contribution in [2.45, 2.75) is 13.3 Å². The summed E-state index contributed by atoms with van der Waals surface area (Å²) in [4.78, 5) is 0. The Morgan fingerprint density at radius 3 is 2.82 bits per heavy atom. The molecule has 0 amide bonds.